The van der Waals surface area contributed by atoms with E-state index in [0.717, 1.165) is 19.3 Å². The fraction of sp³-hybridized carbons (Fsp3) is 0.767. The van der Waals surface area contributed by atoms with Gasteiger partial charge >= 0.3 is 5.97 Å². The van der Waals surface area contributed by atoms with E-state index in [2.05, 4.69) is 52.1 Å². The van der Waals surface area contributed by atoms with Gasteiger partial charge in [-0.3, -0.25) is 14.4 Å². The highest BCUT2D eigenvalue weighted by Gasteiger charge is 2.51. The number of esters is 1. The number of fused-ring (bicyclic) bond motifs is 5. The average molecular weight is 515 g/mol. The molecular weight excluding hydrogens is 468 g/mol. The second-order valence-electron chi connectivity index (χ2n) is 13.2. The molecule has 0 aromatic heterocycles. The van der Waals surface area contributed by atoms with Crippen LogP contribution in [-0.2, 0) is 23.5 Å². The second kappa shape index (κ2) is 10.3. The highest BCUT2D eigenvalue weighted by molar-refractivity contribution is 6.74. The Morgan fingerprint density at radius 2 is 1.81 bits per heavy atom. The Bertz CT molecular complexity index is 941. The summed E-state index contributed by atoms with van der Waals surface area (Å²) in [6.07, 6.45) is 11.5. The first-order chi connectivity index (χ1) is 16.8. The quantitative estimate of drug-likeness (QED) is 0.188. The lowest BCUT2D eigenvalue weighted by Crippen LogP contribution is -2.43. The minimum Gasteiger partial charge on any atom is -0.462 e. The molecule has 0 N–H and O–H groups in total. The number of rotatable bonds is 3. The first-order valence-electron chi connectivity index (χ1n) is 14.2. The summed E-state index contributed by atoms with van der Waals surface area (Å²) < 4.78 is 12.6. The molecule has 2 fully saturated rings. The Labute approximate surface area is 218 Å². The van der Waals surface area contributed by atoms with E-state index >= 15 is 0 Å². The molecule has 0 bridgehead atoms. The number of carbonyl (C=O) groups excluding carboxylic acids is 3. The van der Waals surface area contributed by atoms with Gasteiger partial charge in [0.25, 0.3) is 0 Å². The Kier molecular flexibility index (Phi) is 7.88. The third kappa shape index (κ3) is 5.36. The molecule has 1 aliphatic heterocycles. The van der Waals surface area contributed by atoms with Crippen LogP contribution in [-0.4, -0.2) is 38.1 Å². The monoisotopic (exact) mass is 514 g/mol. The number of Topliss-reactive ketones (excluding diaryl/α,β-unsaturated/α-hetero) is 2. The molecule has 36 heavy (non-hydrogen) atoms. The van der Waals surface area contributed by atoms with Crippen molar-refractivity contribution in [1.29, 1.82) is 0 Å². The van der Waals surface area contributed by atoms with Crippen LogP contribution in [0.15, 0.2) is 23.8 Å². The summed E-state index contributed by atoms with van der Waals surface area (Å²) in [7, 11) is -1.87. The molecule has 6 heteroatoms. The molecule has 200 valence electrons. The standard InChI is InChI=1S/C30H46O5Si/c1-8-20-10-9-11-27(31)18(2)29(33)26-16-24-22(25(26)17-28(32)34-20)13-12-19-14-21(15-23(19)24)35-36(6,7)30(3,4)5/h12-13,16,18-25H,8-11,14-15,17H2,1-7H3/t18-,19-,20+,21-,22-,23-,24-,25+/m1/s1. The van der Waals surface area contributed by atoms with Gasteiger partial charge < -0.3 is 9.16 Å². The Balaban J connectivity index is 1.59. The number of ether oxygens (including phenoxy) is 1. The number of ketones is 2. The van der Waals surface area contributed by atoms with Crippen LogP contribution in [0.4, 0.5) is 0 Å². The zero-order valence-electron chi connectivity index (χ0n) is 23.3. The molecule has 0 unspecified atom stereocenters. The summed E-state index contributed by atoms with van der Waals surface area (Å²) in [5.74, 6) is 0.00622. The Morgan fingerprint density at radius 1 is 1.08 bits per heavy atom. The van der Waals surface area contributed by atoms with E-state index in [9.17, 15) is 14.4 Å². The van der Waals surface area contributed by atoms with Gasteiger partial charge in [-0.15, -0.1) is 0 Å². The van der Waals surface area contributed by atoms with Gasteiger partial charge in [-0.1, -0.05) is 45.9 Å². The molecular formula is C30H46O5Si. The molecule has 1 heterocycles. The zero-order valence-corrected chi connectivity index (χ0v) is 24.3. The van der Waals surface area contributed by atoms with Gasteiger partial charge in [0.05, 0.1) is 12.3 Å². The minimum absolute atomic E-state index is 0.00777. The predicted octanol–water partition coefficient (Wildman–Crippen LogP) is 6.43. The Hall–Kier alpha value is -1.53. The molecule has 1 saturated carbocycles. The largest absolute Gasteiger partial charge is 0.462 e. The van der Waals surface area contributed by atoms with Gasteiger partial charge in [0.2, 0.25) is 0 Å². The minimum atomic E-state index is -1.87. The van der Waals surface area contributed by atoms with Crippen molar-refractivity contribution in [3.05, 3.63) is 23.8 Å². The lowest BCUT2D eigenvalue weighted by molar-refractivity contribution is -0.150. The number of hydrogen-bond donors (Lipinski definition) is 0. The maximum Gasteiger partial charge on any atom is 0.306 e. The van der Waals surface area contributed by atoms with Crippen LogP contribution < -0.4 is 0 Å². The maximum atomic E-state index is 13.6. The first-order valence-corrected chi connectivity index (χ1v) is 17.1. The van der Waals surface area contributed by atoms with Crippen LogP contribution in [0.25, 0.3) is 0 Å². The lowest BCUT2D eigenvalue weighted by Gasteiger charge is -2.38. The number of cyclic esters (lactones) is 1. The van der Waals surface area contributed by atoms with E-state index in [0.29, 0.717) is 36.7 Å². The highest BCUT2D eigenvalue weighted by atomic mass is 28.4. The fourth-order valence-corrected chi connectivity index (χ4v) is 8.03. The second-order valence-corrected chi connectivity index (χ2v) is 18.0. The Morgan fingerprint density at radius 3 is 2.47 bits per heavy atom. The molecule has 4 rings (SSSR count). The smallest absolute Gasteiger partial charge is 0.306 e. The van der Waals surface area contributed by atoms with Crippen molar-refractivity contribution in [2.75, 3.05) is 0 Å². The summed E-state index contributed by atoms with van der Waals surface area (Å²) in [6, 6.07) is 0. The van der Waals surface area contributed by atoms with Crippen LogP contribution in [0, 0.1) is 35.5 Å². The van der Waals surface area contributed by atoms with Crippen molar-refractivity contribution in [3.63, 3.8) is 0 Å². The van der Waals surface area contributed by atoms with E-state index in [4.69, 9.17) is 9.16 Å². The van der Waals surface area contributed by atoms with E-state index < -0.39 is 14.2 Å². The number of hydrogen-bond acceptors (Lipinski definition) is 5. The molecule has 5 nitrogen and oxygen atoms in total. The van der Waals surface area contributed by atoms with Crippen LogP contribution in [0.1, 0.15) is 79.6 Å². The normalized spacial score (nSPS) is 37.9. The molecule has 0 aromatic rings. The van der Waals surface area contributed by atoms with E-state index in [-0.39, 0.29) is 59.0 Å². The van der Waals surface area contributed by atoms with Crippen molar-refractivity contribution in [2.45, 2.75) is 110 Å². The van der Waals surface area contributed by atoms with Crippen molar-refractivity contribution in [2.24, 2.45) is 35.5 Å². The van der Waals surface area contributed by atoms with Gasteiger partial charge in [0.1, 0.15) is 11.9 Å². The molecule has 8 atom stereocenters. The van der Waals surface area contributed by atoms with Crippen molar-refractivity contribution < 1.29 is 23.5 Å². The van der Waals surface area contributed by atoms with Crippen LogP contribution in [0.3, 0.4) is 0 Å². The molecule has 4 aliphatic rings. The molecule has 0 aromatic carbocycles. The summed E-state index contributed by atoms with van der Waals surface area (Å²) in [5.41, 5.74) is 0.690. The van der Waals surface area contributed by atoms with Gasteiger partial charge in [0, 0.05) is 18.4 Å². The van der Waals surface area contributed by atoms with E-state index in [1.54, 1.807) is 6.92 Å². The highest BCUT2D eigenvalue weighted by Crippen LogP contribution is 2.54. The van der Waals surface area contributed by atoms with Crippen LogP contribution in [0.2, 0.25) is 18.1 Å². The zero-order chi connectivity index (χ0) is 26.4. The summed E-state index contributed by atoms with van der Waals surface area (Å²) in [5, 5.41) is 0.167. The topological polar surface area (TPSA) is 69.7 Å². The van der Waals surface area contributed by atoms with Crippen molar-refractivity contribution >= 4 is 25.9 Å². The molecule has 1 saturated heterocycles. The molecule has 3 aliphatic carbocycles. The third-order valence-electron chi connectivity index (χ3n) is 9.89. The SMILES string of the molecule is CC[C@H]1CCCC(=O)[C@@H](C)C(=O)C2=C[C@@H]3[C@@H](C=C[C@@H]4C[C@@H](O[Si](C)(C)C(C)(C)C)C[C@@H]34)[C@@H]2CC(=O)O1. The molecule has 0 amide bonds. The average Bonchev–Trinajstić information content (AvgIpc) is 3.36. The summed E-state index contributed by atoms with van der Waals surface area (Å²) >= 11 is 0. The summed E-state index contributed by atoms with van der Waals surface area (Å²) in [4.78, 5) is 39.5. The first kappa shape index (κ1) is 27.5. The van der Waals surface area contributed by atoms with Crippen molar-refractivity contribution in [1.82, 2.24) is 0 Å². The number of allylic oxidation sites excluding steroid dienone is 4. The van der Waals surface area contributed by atoms with E-state index in [1.165, 1.54) is 0 Å². The molecule has 0 radical (unpaired) electrons. The van der Waals surface area contributed by atoms with Crippen molar-refractivity contribution in [3.8, 4) is 0 Å². The third-order valence-corrected chi connectivity index (χ3v) is 14.4. The van der Waals surface area contributed by atoms with Gasteiger partial charge in [-0.05, 0) is 86.4 Å². The van der Waals surface area contributed by atoms with Gasteiger partial charge in [-0.25, -0.2) is 0 Å². The summed E-state index contributed by atoms with van der Waals surface area (Å²) in [6.45, 7) is 15.2. The van der Waals surface area contributed by atoms with Gasteiger partial charge in [0.15, 0.2) is 14.1 Å². The number of carbonyl (C=O) groups is 3. The van der Waals surface area contributed by atoms with E-state index in [1.807, 2.05) is 6.92 Å². The fourth-order valence-electron chi connectivity index (χ4n) is 6.65. The van der Waals surface area contributed by atoms with Gasteiger partial charge in [-0.2, -0.15) is 0 Å². The lowest BCUT2D eigenvalue weighted by atomic mass is 9.70. The predicted molar refractivity (Wildman–Crippen MR) is 144 cm³/mol. The molecule has 0 spiro atoms. The maximum absolute atomic E-state index is 13.6. The van der Waals surface area contributed by atoms with Crippen LogP contribution in [0.5, 0.6) is 0 Å². The van der Waals surface area contributed by atoms with Crippen LogP contribution >= 0.6 is 0 Å².